The van der Waals surface area contributed by atoms with Gasteiger partial charge < -0.3 is 40.2 Å². The topological polar surface area (TPSA) is 304 Å². The van der Waals surface area contributed by atoms with Gasteiger partial charge in [0.15, 0.2) is 17.2 Å². The third-order valence-electron chi connectivity index (χ3n) is 16.3. The summed E-state index contributed by atoms with van der Waals surface area (Å²) in [6.07, 6.45) is 1.83. The number of imide groups is 1. The fraction of sp³-hybridized carbons (Fsp3) is 0.508. The second-order valence-electron chi connectivity index (χ2n) is 22.3. The van der Waals surface area contributed by atoms with Crippen LogP contribution in [0.3, 0.4) is 0 Å². The van der Waals surface area contributed by atoms with Crippen LogP contribution >= 0.6 is 0 Å². The fourth-order valence-corrected chi connectivity index (χ4v) is 11.7. The van der Waals surface area contributed by atoms with Gasteiger partial charge >= 0.3 is 11.9 Å². The lowest BCUT2D eigenvalue weighted by molar-refractivity contribution is -0.172. The van der Waals surface area contributed by atoms with Crippen LogP contribution in [0.1, 0.15) is 155 Å². The number of carbonyl (C=O) groups is 10. The maximum absolute atomic E-state index is 15.4. The van der Waals surface area contributed by atoms with Gasteiger partial charge in [0.25, 0.3) is 5.56 Å². The molecule has 442 valence electrons. The first-order chi connectivity index (χ1) is 39.7. The number of nitrogens with one attached hydrogen (secondary N) is 3. The van der Waals surface area contributed by atoms with E-state index in [1.165, 1.54) is 15.5 Å². The van der Waals surface area contributed by atoms with Gasteiger partial charge in [-0.2, -0.15) is 0 Å². The summed E-state index contributed by atoms with van der Waals surface area (Å²) in [6, 6.07) is 10.3. The highest BCUT2D eigenvalue weighted by Crippen LogP contribution is 2.46. The number of hydrogen-bond donors (Lipinski definition) is 5. The summed E-state index contributed by atoms with van der Waals surface area (Å²) < 4.78 is 27.7. The van der Waals surface area contributed by atoms with E-state index < -0.39 is 76.9 Å². The molecule has 22 heteroatoms. The molecule has 2 aromatic carbocycles. The molecule has 5 atom stereocenters. The molecule has 1 saturated heterocycles. The number of ketones is 3. The van der Waals surface area contributed by atoms with Crippen LogP contribution in [0.25, 0.3) is 22.3 Å². The normalized spacial score (nSPS) is 18.4. The molecule has 21 nitrogen and oxygen atoms in total. The van der Waals surface area contributed by atoms with Crippen molar-refractivity contribution in [2.75, 3.05) is 26.3 Å². The van der Waals surface area contributed by atoms with E-state index in [9.17, 15) is 63.0 Å². The van der Waals surface area contributed by atoms with Crippen LogP contribution in [-0.2, 0) is 89.0 Å². The zero-order chi connectivity index (χ0) is 59.7. The smallest absolute Gasteiger partial charge is 0.343 e. The number of amides is 5. The third-order valence-corrected chi connectivity index (χ3v) is 16.3. The Morgan fingerprint density at radius 1 is 0.880 bits per heavy atom. The monoisotopic (exact) mass is 1150 g/mol. The van der Waals surface area contributed by atoms with E-state index in [-0.39, 0.29) is 144 Å². The molecule has 1 unspecified atom stereocenters. The van der Waals surface area contributed by atoms with E-state index in [4.69, 9.17) is 14.5 Å². The van der Waals surface area contributed by atoms with Crippen LogP contribution in [0, 0.1) is 24.6 Å². The number of likely N-dealkylation sites (tertiary alicyclic amines) is 1. The van der Waals surface area contributed by atoms with E-state index in [1.807, 2.05) is 0 Å². The molecule has 0 saturated carbocycles. The Labute approximate surface area is 478 Å². The average Bonchev–Trinajstić information content (AvgIpc) is 1.90. The maximum atomic E-state index is 15.4. The number of ether oxygens (including phenoxy) is 2. The number of Topliss-reactive ketones (excluding diaryl/α,β-unsaturated/α-hetero) is 3. The van der Waals surface area contributed by atoms with Gasteiger partial charge in [0.05, 0.1) is 54.1 Å². The summed E-state index contributed by atoms with van der Waals surface area (Å²) in [5, 5.41) is 30.1. The Bertz CT molecular complexity index is 3310. The molecule has 0 spiro atoms. The number of unbranched alkanes of at least 4 members (excludes halogenated alkanes) is 2. The van der Waals surface area contributed by atoms with Gasteiger partial charge in [-0.25, -0.2) is 14.2 Å². The van der Waals surface area contributed by atoms with Gasteiger partial charge in [0.2, 0.25) is 29.5 Å². The molecule has 3 aliphatic heterocycles. The second kappa shape index (κ2) is 27.0. The van der Waals surface area contributed by atoms with Crippen LogP contribution in [0.15, 0.2) is 47.3 Å². The molecule has 1 fully saturated rings. The highest BCUT2D eigenvalue weighted by atomic mass is 19.1. The number of esters is 1. The zero-order valence-electron chi connectivity index (χ0n) is 47.0. The lowest BCUT2D eigenvalue weighted by atomic mass is 9.81. The quantitative estimate of drug-likeness (QED) is 0.0230. The van der Waals surface area contributed by atoms with Crippen LogP contribution in [0.2, 0.25) is 0 Å². The second-order valence-corrected chi connectivity index (χ2v) is 22.3. The minimum atomic E-state index is -2.04. The third kappa shape index (κ3) is 14.3. The molecular weight excluding hydrogens is 1080 g/mol. The summed E-state index contributed by atoms with van der Waals surface area (Å²) >= 11 is 0. The molecule has 5 N–H and O–H groups in total. The fourth-order valence-electron chi connectivity index (χ4n) is 11.7. The Morgan fingerprint density at radius 2 is 1.64 bits per heavy atom. The largest absolute Gasteiger partial charge is 0.481 e. The summed E-state index contributed by atoms with van der Waals surface area (Å²) in [5.74, 6) is -6.26. The summed E-state index contributed by atoms with van der Waals surface area (Å²) in [4.78, 5) is 148. The number of aromatic nitrogens is 2. The van der Waals surface area contributed by atoms with Gasteiger partial charge in [-0.3, -0.25) is 52.8 Å². The summed E-state index contributed by atoms with van der Waals surface area (Å²) in [5.41, 5.74) is 2.18. The molecule has 1 aliphatic carbocycles. The van der Waals surface area contributed by atoms with Crippen molar-refractivity contribution < 1.29 is 72.0 Å². The van der Waals surface area contributed by atoms with E-state index in [0.717, 1.165) is 11.1 Å². The standard InChI is InChI=1S/C61H71FN6O15/c1-4-61(81)43-28-48-57-41(30-68(48)59(79)42(43)33-83-60(61)80)56-45(18-17-40-35(3)44(62)29-47(66-57)55(40)56)64-51(73)15-11-22-63-50(72)21-19-49(71)46(26-36-12-7-5-8-13-36)65-52(74)20-16-39(70)32-82-31-37(27-54(76)77)25-38(69)14-9-6-10-23-67-53(75)24-34(2)58(67)78/h5,7-8,12-13,28-29,34,37,45-46,81H,4,6,9-11,14-27,30-33H2,1-3H3,(H,63,72)(H,64,73)(H,65,74)(H,76,77)/t34?,37-,45-,46-,61-/m0/s1. The van der Waals surface area contributed by atoms with Crippen molar-refractivity contribution in [2.45, 2.75) is 161 Å². The lowest BCUT2D eigenvalue weighted by Gasteiger charge is -2.31. The zero-order valence-corrected chi connectivity index (χ0v) is 47.0. The number of nitrogens with zero attached hydrogens (tertiary/aromatic N) is 3. The van der Waals surface area contributed by atoms with Crippen LogP contribution in [0.5, 0.6) is 0 Å². The van der Waals surface area contributed by atoms with E-state index in [0.29, 0.717) is 77.6 Å². The predicted octanol–water partition coefficient (Wildman–Crippen LogP) is 4.98. The average molecular weight is 1150 g/mol. The number of hydrogen-bond acceptors (Lipinski definition) is 15. The number of pyridine rings is 2. The summed E-state index contributed by atoms with van der Waals surface area (Å²) in [7, 11) is 0. The van der Waals surface area contributed by atoms with Crippen LogP contribution in [0.4, 0.5) is 4.39 Å². The number of rotatable bonds is 30. The molecule has 8 rings (SSSR count). The van der Waals surface area contributed by atoms with E-state index in [1.54, 1.807) is 57.2 Å². The van der Waals surface area contributed by atoms with Crippen LogP contribution < -0.4 is 21.5 Å². The van der Waals surface area contributed by atoms with E-state index in [2.05, 4.69) is 16.0 Å². The van der Waals surface area contributed by atoms with Gasteiger partial charge in [0, 0.05) is 93.0 Å². The molecule has 4 aliphatic rings. The van der Waals surface area contributed by atoms with Crippen molar-refractivity contribution >= 4 is 69.7 Å². The Kier molecular flexibility index (Phi) is 19.9. The number of carboxylic acid groups (broad SMARTS) is 1. The first-order valence-electron chi connectivity index (χ1n) is 28.6. The van der Waals surface area contributed by atoms with Gasteiger partial charge in [-0.05, 0) is 86.1 Å². The molecule has 0 radical (unpaired) electrons. The number of carboxylic acids is 1. The Morgan fingerprint density at radius 3 is 2.36 bits per heavy atom. The number of fused-ring (bicyclic) bond motifs is 5. The minimum Gasteiger partial charge on any atom is -0.481 e. The number of aryl methyl sites for hydroxylation is 1. The van der Waals surface area contributed by atoms with Crippen molar-refractivity contribution in [1.29, 1.82) is 0 Å². The molecule has 2 aromatic heterocycles. The van der Waals surface area contributed by atoms with Gasteiger partial charge in [0.1, 0.15) is 24.8 Å². The minimum absolute atomic E-state index is 0.0157. The first-order valence-corrected chi connectivity index (χ1v) is 28.6. The number of benzene rings is 2. The SMILES string of the molecule is CC[C@@]1(O)C(=O)OCc2c1cc1n(c2=O)Cc2c-1nc1cc(F)c(C)c3c1c2[C@@H](NC(=O)CCCNC(=O)CCC(=O)[C@H](Cc1ccccc1)NC(=O)CCC(=O)COC[C@H](CC(=O)O)CC(=O)CCCCCN1C(=O)CC(C)C1=O)CC3. The van der Waals surface area contributed by atoms with Crippen molar-refractivity contribution in [3.8, 4) is 11.4 Å². The first kappa shape index (κ1) is 61.2. The number of cyclic esters (lactones) is 1. The summed E-state index contributed by atoms with van der Waals surface area (Å²) in [6.45, 7) is 4.58. The molecule has 4 aromatic rings. The highest BCUT2D eigenvalue weighted by Gasteiger charge is 2.46. The molecule has 83 heavy (non-hydrogen) atoms. The highest BCUT2D eigenvalue weighted by molar-refractivity contribution is 6.03. The molecule has 0 bridgehead atoms. The van der Waals surface area contributed by atoms with Gasteiger partial charge in [-0.1, -0.05) is 50.6 Å². The molecular formula is C61H71FN6O15. The number of carbonyl (C=O) groups excluding carboxylic acids is 9. The number of aliphatic hydroxyl groups is 1. The lowest BCUT2D eigenvalue weighted by Crippen LogP contribution is -2.44. The molecule has 5 heterocycles. The van der Waals surface area contributed by atoms with E-state index >= 15 is 4.39 Å². The van der Waals surface area contributed by atoms with Crippen molar-refractivity contribution in [3.05, 3.63) is 97.6 Å². The number of halogens is 1. The van der Waals surface area contributed by atoms with Gasteiger partial charge in [-0.15, -0.1) is 0 Å². The van der Waals surface area contributed by atoms with Crippen molar-refractivity contribution in [3.63, 3.8) is 0 Å². The number of aliphatic carboxylic acids is 1. The Balaban J connectivity index is 0.784. The molecule has 5 amide bonds. The predicted molar refractivity (Wildman–Crippen MR) is 296 cm³/mol. The maximum Gasteiger partial charge on any atom is 0.343 e. The van der Waals surface area contributed by atoms with Crippen LogP contribution in [-0.4, -0.2) is 116 Å². The Hall–Kier alpha value is -7.85. The van der Waals surface area contributed by atoms with Crippen molar-refractivity contribution in [2.24, 2.45) is 11.8 Å². The van der Waals surface area contributed by atoms with Crippen molar-refractivity contribution in [1.82, 2.24) is 30.4 Å².